The lowest BCUT2D eigenvalue weighted by Gasteiger charge is -2.28. The van der Waals surface area contributed by atoms with E-state index in [1.807, 2.05) is 0 Å². The van der Waals surface area contributed by atoms with Gasteiger partial charge in [0.2, 0.25) is 0 Å². The monoisotopic (exact) mass is 408 g/mol. The van der Waals surface area contributed by atoms with Crippen LogP contribution in [-0.2, 0) is 0 Å². The van der Waals surface area contributed by atoms with Gasteiger partial charge < -0.3 is 0 Å². The van der Waals surface area contributed by atoms with E-state index in [2.05, 4.69) is 27.7 Å². The minimum Gasteiger partial charge on any atom is -0.0654 e. The first-order chi connectivity index (χ1) is 14.3. The molecule has 0 spiro atoms. The van der Waals surface area contributed by atoms with Crippen LogP contribution in [0.25, 0.3) is 0 Å². The number of hydrogen-bond donors (Lipinski definition) is 0. The first-order valence-electron chi connectivity index (χ1n) is 14.3. The molecule has 0 aliphatic heterocycles. The van der Waals surface area contributed by atoms with Crippen molar-refractivity contribution < 1.29 is 0 Å². The topological polar surface area (TPSA) is 0 Å². The molecule has 0 aliphatic carbocycles. The normalized spacial score (nSPS) is 13.7. The van der Waals surface area contributed by atoms with E-state index < -0.39 is 0 Å². The van der Waals surface area contributed by atoms with Crippen LogP contribution in [0.15, 0.2) is 0 Å². The van der Waals surface area contributed by atoms with Gasteiger partial charge in [-0.15, -0.1) is 0 Å². The fourth-order valence-electron chi connectivity index (χ4n) is 5.10. The molecule has 0 aromatic rings. The number of hydrogen-bond acceptors (Lipinski definition) is 0. The van der Waals surface area contributed by atoms with Crippen molar-refractivity contribution in [1.29, 1.82) is 0 Å². The largest absolute Gasteiger partial charge is 0.0654 e. The van der Waals surface area contributed by atoms with E-state index in [-0.39, 0.29) is 0 Å². The zero-order valence-electron chi connectivity index (χ0n) is 21.4. The van der Waals surface area contributed by atoms with Gasteiger partial charge in [0.1, 0.15) is 0 Å². The molecule has 2 atom stereocenters. The van der Waals surface area contributed by atoms with Crippen molar-refractivity contribution in [2.45, 2.75) is 175 Å². The fraction of sp³-hybridized carbons (Fsp3) is 1.00. The molecule has 0 aromatic carbocycles. The Morgan fingerprint density at radius 1 is 0.276 bits per heavy atom. The van der Waals surface area contributed by atoms with Gasteiger partial charge in [0, 0.05) is 0 Å². The standard InChI is InChI=1S/C29H60/c1-5-9-13-17-19-23-27-29(25-21-16-12-8-4)28(24-20-15-11-7-3)26-22-18-14-10-6-2/h28-29H,5-27H2,1-4H3. The first-order valence-corrected chi connectivity index (χ1v) is 14.3. The molecule has 0 rings (SSSR count). The van der Waals surface area contributed by atoms with Gasteiger partial charge in [0.15, 0.2) is 0 Å². The SMILES string of the molecule is CCCCCCCCC(CCCCCC)C(CCCCCC)CCCCCCC. The second-order valence-corrected chi connectivity index (χ2v) is 9.98. The van der Waals surface area contributed by atoms with Crippen LogP contribution in [0.5, 0.6) is 0 Å². The summed E-state index contributed by atoms with van der Waals surface area (Å²) in [6.07, 6.45) is 33.7. The predicted molar refractivity (Wildman–Crippen MR) is 136 cm³/mol. The highest BCUT2D eigenvalue weighted by molar-refractivity contribution is 4.72. The lowest BCUT2D eigenvalue weighted by molar-refractivity contribution is 0.236. The summed E-state index contributed by atoms with van der Waals surface area (Å²) in [4.78, 5) is 0. The summed E-state index contributed by atoms with van der Waals surface area (Å²) in [6.45, 7) is 9.36. The van der Waals surface area contributed by atoms with Crippen LogP contribution >= 0.6 is 0 Å². The maximum Gasteiger partial charge on any atom is -0.0386 e. The molecule has 0 amide bonds. The highest BCUT2D eigenvalue weighted by Gasteiger charge is 2.20. The summed E-state index contributed by atoms with van der Waals surface area (Å²) in [5.41, 5.74) is 0. The number of unbranched alkanes of at least 4 members (excludes halogenated alkanes) is 15. The van der Waals surface area contributed by atoms with Gasteiger partial charge in [-0.05, 0) is 11.8 Å². The first kappa shape index (κ1) is 29.0. The molecule has 0 heteroatoms. The minimum absolute atomic E-state index is 1.03. The van der Waals surface area contributed by atoms with Crippen LogP contribution in [0.2, 0.25) is 0 Å². The van der Waals surface area contributed by atoms with Crippen LogP contribution < -0.4 is 0 Å². The maximum atomic E-state index is 2.35. The molecule has 0 aromatic heterocycles. The Morgan fingerprint density at radius 3 is 0.759 bits per heavy atom. The van der Waals surface area contributed by atoms with Gasteiger partial charge in [-0.2, -0.15) is 0 Å². The van der Waals surface area contributed by atoms with Crippen molar-refractivity contribution in [2.24, 2.45) is 11.8 Å². The van der Waals surface area contributed by atoms with Crippen LogP contribution in [0.4, 0.5) is 0 Å². The van der Waals surface area contributed by atoms with Crippen molar-refractivity contribution in [3.63, 3.8) is 0 Å². The van der Waals surface area contributed by atoms with Gasteiger partial charge in [-0.3, -0.25) is 0 Å². The van der Waals surface area contributed by atoms with Crippen LogP contribution in [0.1, 0.15) is 175 Å². The highest BCUT2D eigenvalue weighted by atomic mass is 14.3. The lowest BCUT2D eigenvalue weighted by atomic mass is 9.78. The zero-order valence-corrected chi connectivity index (χ0v) is 21.4. The van der Waals surface area contributed by atoms with E-state index >= 15 is 0 Å². The molecule has 29 heavy (non-hydrogen) atoms. The van der Waals surface area contributed by atoms with Gasteiger partial charge in [0.05, 0.1) is 0 Å². The predicted octanol–water partition coefficient (Wildman–Crippen LogP) is 11.3. The zero-order chi connectivity index (χ0) is 21.4. The Bertz CT molecular complexity index is 282. The van der Waals surface area contributed by atoms with Crippen LogP contribution in [0, 0.1) is 11.8 Å². The Balaban J connectivity index is 4.55. The Labute approximate surface area is 187 Å². The van der Waals surface area contributed by atoms with Crippen LogP contribution in [-0.4, -0.2) is 0 Å². The molecule has 0 saturated carbocycles. The summed E-state index contributed by atoms with van der Waals surface area (Å²) in [5.74, 6) is 2.07. The second-order valence-electron chi connectivity index (χ2n) is 9.98. The van der Waals surface area contributed by atoms with Crippen molar-refractivity contribution >= 4 is 0 Å². The average molecular weight is 409 g/mol. The highest BCUT2D eigenvalue weighted by Crippen LogP contribution is 2.33. The molecule has 0 bridgehead atoms. The molecule has 0 heterocycles. The average Bonchev–Trinajstić information content (AvgIpc) is 2.73. The third-order valence-electron chi connectivity index (χ3n) is 7.13. The van der Waals surface area contributed by atoms with Gasteiger partial charge in [-0.1, -0.05) is 175 Å². The third kappa shape index (κ3) is 19.7. The molecule has 176 valence electrons. The smallest absolute Gasteiger partial charge is 0.0386 e. The van der Waals surface area contributed by atoms with E-state index in [9.17, 15) is 0 Å². The maximum absolute atomic E-state index is 2.35. The van der Waals surface area contributed by atoms with E-state index in [0.717, 1.165) is 11.8 Å². The summed E-state index contributed by atoms with van der Waals surface area (Å²) in [5, 5.41) is 0. The van der Waals surface area contributed by atoms with Crippen molar-refractivity contribution in [3.8, 4) is 0 Å². The molecule has 0 radical (unpaired) electrons. The van der Waals surface area contributed by atoms with Gasteiger partial charge in [0.25, 0.3) is 0 Å². The Morgan fingerprint density at radius 2 is 0.483 bits per heavy atom. The lowest BCUT2D eigenvalue weighted by Crippen LogP contribution is -2.16. The number of rotatable bonds is 24. The summed E-state index contributed by atoms with van der Waals surface area (Å²) >= 11 is 0. The molecule has 0 aliphatic rings. The van der Waals surface area contributed by atoms with E-state index in [4.69, 9.17) is 0 Å². The van der Waals surface area contributed by atoms with E-state index in [1.165, 1.54) is 148 Å². The van der Waals surface area contributed by atoms with E-state index in [1.54, 1.807) is 0 Å². The van der Waals surface area contributed by atoms with Gasteiger partial charge in [-0.25, -0.2) is 0 Å². The molecule has 0 fully saturated rings. The minimum atomic E-state index is 1.03. The fourth-order valence-corrected chi connectivity index (χ4v) is 5.10. The molecular weight excluding hydrogens is 348 g/mol. The molecular formula is C29H60. The summed E-state index contributed by atoms with van der Waals surface area (Å²) in [6, 6.07) is 0. The van der Waals surface area contributed by atoms with Crippen molar-refractivity contribution in [3.05, 3.63) is 0 Å². The molecule has 0 N–H and O–H groups in total. The van der Waals surface area contributed by atoms with Crippen LogP contribution in [0.3, 0.4) is 0 Å². The second kappa shape index (κ2) is 24.3. The molecule has 0 nitrogen and oxygen atoms in total. The van der Waals surface area contributed by atoms with Crippen molar-refractivity contribution in [1.82, 2.24) is 0 Å². The Hall–Kier alpha value is 0. The third-order valence-corrected chi connectivity index (χ3v) is 7.13. The van der Waals surface area contributed by atoms with E-state index in [0.29, 0.717) is 0 Å². The quantitative estimate of drug-likeness (QED) is 0.139. The van der Waals surface area contributed by atoms with Gasteiger partial charge >= 0.3 is 0 Å². The molecule has 0 saturated heterocycles. The Kier molecular flexibility index (Phi) is 24.3. The molecule has 2 unspecified atom stereocenters. The summed E-state index contributed by atoms with van der Waals surface area (Å²) < 4.78 is 0. The van der Waals surface area contributed by atoms with Crippen molar-refractivity contribution in [2.75, 3.05) is 0 Å². The summed E-state index contributed by atoms with van der Waals surface area (Å²) in [7, 11) is 0.